The van der Waals surface area contributed by atoms with Gasteiger partial charge >= 0.3 is 0 Å². The third kappa shape index (κ3) is 6.23. The summed E-state index contributed by atoms with van der Waals surface area (Å²) < 4.78 is 5.70. The molecule has 34 heavy (non-hydrogen) atoms. The first kappa shape index (κ1) is 24.0. The van der Waals surface area contributed by atoms with Crippen LogP contribution in [-0.2, 0) is 22.6 Å². The fraction of sp³-hybridized carbons (Fsp3) is 0.370. The number of carbonyl (C=O) groups is 2. The van der Waals surface area contributed by atoms with Crippen molar-refractivity contribution in [2.45, 2.75) is 51.6 Å². The molecule has 6 nitrogen and oxygen atoms in total. The van der Waals surface area contributed by atoms with E-state index in [1.807, 2.05) is 59.7 Å². The first-order chi connectivity index (χ1) is 16.6. The molecule has 1 fully saturated rings. The molecule has 2 aromatic carbocycles. The van der Waals surface area contributed by atoms with Crippen LogP contribution in [-0.4, -0.2) is 34.8 Å². The number of likely N-dealkylation sites (tertiary alicyclic amines) is 1. The van der Waals surface area contributed by atoms with Crippen LogP contribution in [0.5, 0.6) is 5.75 Å². The molecule has 1 unspecified atom stereocenters. The normalized spacial score (nSPS) is 15.3. The average molecular weight is 478 g/mol. The van der Waals surface area contributed by atoms with E-state index in [9.17, 15) is 9.59 Å². The van der Waals surface area contributed by atoms with E-state index in [1.54, 1.807) is 0 Å². The predicted molar refractivity (Wildman–Crippen MR) is 134 cm³/mol. The number of ether oxygens (including phenoxy) is 1. The van der Waals surface area contributed by atoms with E-state index in [0.29, 0.717) is 19.6 Å². The van der Waals surface area contributed by atoms with E-state index < -0.39 is 0 Å². The van der Waals surface area contributed by atoms with Crippen molar-refractivity contribution in [1.82, 2.24) is 15.2 Å². The first-order valence-electron chi connectivity index (χ1n) is 11.9. The van der Waals surface area contributed by atoms with Gasteiger partial charge in [-0.2, -0.15) is 0 Å². The Kier molecular flexibility index (Phi) is 8.31. The van der Waals surface area contributed by atoms with Crippen LogP contribution in [0.25, 0.3) is 0 Å². The lowest BCUT2D eigenvalue weighted by molar-refractivity contribution is -0.134. The third-order valence-corrected chi connectivity index (χ3v) is 6.90. The number of benzene rings is 2. The number of hydrogen-bond acceptors (Lipinski definition) is 5. The second kappa shape index (κ2) is 11.8. The number of carbonyl (C=O) groups excluding carboxylic acids is 2. The molecule has 0 aliphatic carbocycles. The van der Waals surface area contributed by atoms with E-state index in [0.717, 1.165) is 41.4 Å². The minimum Gasteiger partial charge on any atom is -0.494 e. The third-order valence-electron chi connectivity index (χ3n) is 6.00. The molecular weight excluding hydrogens is 446 g/mol. The molecule has 0 bridgehead atoms. The first-order valence-corrected chi connectivity index (χ1v) is 12.8. The lowest BCUT2D eigenvalue weighted by Gasteiger charge is -2.25. The molecule has 4 rings (SSSR count). The zero-order valence-electron chi connectivity index (χ0n) is 19.5. The minimum absolute atomic E-state index is 0.0472. The standard InChI is InChI=1S/C27H31N3O3S/c1-2-33-24-13-7-6-11-21(24)17-22-19-34-26(29-22)18-28-25(31)14-15-27(32)30-16-8-12-23(30)20-9-4-3-5-10-20/h3-7,9-11,13,19,23H,2,8,12,14-18H2,1H3,(H,28,31). The van der Waals surface area contributed by atoms with Gasteiger partial charge in [0.15, 0.2) is 0 Å². The summed E-state index contributed by atoms with van der Waals surface area (Å²) in [6, 6.07) is 18.2. The molecule has 3 aromatic rings. The monoisotopic (exact) mass is 477 g/mol. The summed E-state index contributed by atoms with van der Waals surface area (Å²) in [6.07, 6.45) is 3.08. The fourth-order valence-electron chi connectivity index (χ4n) is 4.37. The zero-order chi connectivity index (χ0) is 23.8. The molecular formula is C27H31N3O3S. The number of para-hydroxylation sites is 1. The molecule has 0 saturated carbocycles. The van der Waals surface area contributed by atoms with Gasteiger partial charge in [0.25, 0.3) is 0 Å². The molecule has 1 saturated heterocycles. The molecule has 1 aromatic heterocycles. The SMILES string of the molecule is CCOc1ccccc1Cc1csc(CNC(=O)CCC(=O)N2CCCC2c2ccccc2)n1. The minimum atomic E-state index is -0.123. The maximum Gasteiger partial charge on any atom is 0.223 e. The van der Waals surface area contributed by atoms with Gasteiger partial charge in [-0.05, 0) is 31.4 Å². The summed E-state index contributed by atoms with van der Waals surface area (Å²) in [5.41, 5.74) is 3.22. The highest BCUT2D eigenvalue weighted by Gasteiger charge is 2.29. The van der Waals surface area contributed by atoms with Gasteiger partial charge in [0.1, 0.15) is 10.8 Å². The molecule has 1 N–H and O–H groups in total. The van der Waals surface area contributed by atoms with E-state index in [1.165, 1.54) is 16.9 Å². The van der Waals surface area contributed by atoms with Crippen molar-refractivity contribution >= 4 is 23.2 Å². The van der Waals surface area contributed by atoms with Crippen LogP contribution in [0.2, 0.25) is 0 Å². The average Bonchev–Trinajstić information content (AvgIpc) is 3.53. The number of hydrogen-bond donors (Lipinski definition) is 1. The van der Waals surface area contributed by atoms with Crippen molar-refractivity contribution in [1.29, 1.82) is 0 Å². The van der Waals surface area contributed by atoms with Crippen LogP contribution in [0, 0.1) is 0 Å². The van der Waals surface area contributed by atoms with Gasteiger partial charge in [-0.1, -0.05) is 48.5 Å². The summed E-state index contributed by atoms with van der Waals surface area (Å²) in [6.45, 7) is 3.73. The molecule has 2 amide bonds. The summed E-state index contributed by atoms with van der Waals surface area (Å²) in [7, 11) is 0. The predicted octanol–water partition coefficient (Wildman–Crippen LogP) is 4.89. The van der Waals surface area contributed by atoms with Gasteiger partial charge in [-0.3, -0.25) is 9.59 Å². The van der Waals surface area contributed by atoms with Crippen molar-refractivity contribution < 1.29 is 14.3 Å². The number of rotatable bonds is 10. The molecule has 2 heterocycles. The van der Waals surface area contributed by atoms with Crippen LogP contribution in [0.15, 0.2) is 60.0 Å². The Morgan fingerprint density at radius 2 is 1.91 bits per heavy atom. The maximum absolute atomic E-state index is 12.8. The second-order valence-corrected chi connectivity index (χ2v) is 9.33. The smallest absolute Gasteiger partial charge is 0.223 e. The van der Waals surface area contributed by atoms with Crippen molar-refractivity contribution in [2.24, 2.45) is 0 Å². The molecule has 1 atom stereocenters. The Morgan fingerprint density at radius 3 is 2.74 bits per heavy atom. The molecule has 178 valence electrons. The molecule has 1 aliphatic heterocycles. The van der Waals surface area contributed by atoms with Crippen LogP contribution < -0.4 is 10.1 Å². The van der Waals surface area contributed by atoms with Crippen molar-refractivity contribution in [3.8, 4) is 5.75 Å². The molecule has 0 radical (unpaired) electrons. The highest BCUT2D eigenvalue weighted by atomic mass is 32.1. The number of aromatic nitrogens is 1. The van der Waals surface area contributed by atoms with Crippen LogP contribution in [0.3, 0.4) is 0 Å². The topological polar surface area (TPSA) is 71.5 Å². The summed E-state index contributed by atoms with van der Waals surface area (Å²) in [5.74, 6) is 0.804. The number of thiazole rings is 1. The van der Waals surface area contributed by atoms with E-state index in [2.05, 4.69) is 22.4 Å². The van der Waals surface area contributed by atoms with Gasteiger partial charge in [0, 0.05) is 36.8 Å². The van der Waals surface area contributed by atoms with E-state index in [4.69, 9.17) is 4.74 Å². The maximum atomic E-state index is 12.8. The van der Waals surface area contributed by atoms with E-state index in [-0.39, 0.29) is 30.7 Å². The van der Waals surface area contributed by atoms with Gasteiger partial charge < -0.3 is 15.0 Å². The van der Waals surface area contributed by atoms with Crippen molar-refractivity contribution in [2.75, 3.05) is 13.2 Å². The molecule has 7 heteroatoms. The van der Waals surface area contributed by atoms with Crippen molar-refractivity contribution in [3.05, 3.63) is 81.8 Å². The zero-order valence-corrected chi connectivity index (χ0v) is 20.4. The Hall–Kier alpha value is -3.19. The second-order valence-electron chi connectivity index (χ2n) is 8.38. The van der Waals surface area contributed by atoms with Gasteiger partial charge in [0.05, 0.1) is 24.9 Å². The Labute approximate surface area is 205 Å². The molecule has 1 aliphatic rings. The lowest BCUT2D eigenvalue weighted by Crippen LogP contribution is -2.32. The van der Waals surface area contributed by atoms with Gasteiger partial charge in [0.2, 0.25) is 11.8 Å². The van der Waals surface area contributed by atoms with Crippen molar-refractivity contribution in [3.63, 3.8) is 0 Å². The lowest BCUT2D eigenvalue weighted by atomic mass is 10.0. The summed E-state index contributed by atoms with van der Waals surface area (Å²) in [4.78, 5) is 31.7. The van der Waals surface area contributed by atoms with Crippen LogP contribution in [0.4, 0.5) is 0 Å². The molecule has 0 spiro atoms. The van der Waals surface area contributed by atoms with Crippen LogP contribution in [0.1, 0.15) is 60.5 Å². The number of nitrogens with zero attached hydrogens (tertiary/aromatic N) is 2. The number of amides is 2. The fourth-order valence-corrected chi connectivity index (χ4v) is 5.10. The van der Waals surface area contributed by atoms with E-state index >= 15 is 0 Å². The largest absolute Gasteiger partial charge is 0.494 e. The highest BCUT2D eigenvalue weighted by Crippen LogP contribution is 2.32. The summed E-state index contributed by atoms with van der Waals surface area (Å²) >= 11 is 1.53. The Bertz CT molecular complexity index is 1100. The Morgan fingerprint density at radius 1 is 1.12 bits per heavy atom. The quantitative estimate of drug-likeness (QED) is 0.451. The summed E-state index contributed by atoms with van der Waals surface area (Å²) in [5, 5.41) is 5.78. The van der Waals surface area contributed by atoms with Gasteiger partial charge in [-0.25, -0.2) is 4.98 Å². The highest BCUT2D eigenvalue weighted by molar-refractivity contribution is 7.09. The number of nitrogens with one attached hydrogen (secondary N) is 1. The van der Waals surface area contributed by atoms with Gasteiger partial charge in [-0.15, -0.1) is 11.3 Å². The van der Waals surface area contributed by atoms with Crippen LogP contribution >= 0.6 is 11.3 Å². The Balaban J connectivity index is 1.23.